The van der Waals surface area contributed by atoms with E-state index in [4.69, 9.17) is 10.00 Å². The van der Waals surface area contributed by atoms with E-state index in [-0.39, 0.29) is 6.61 Å². The van der Waals surface area contributed by atoms with Gasteiger partial charge in [-0.3, -0.25) is 0 Å². The number of nitriles is 1. The van der Waals surface area contributed by atoms with Crippen molar-refractivity contribution in [2.24, 2.45) is 0 Å². The van der Waals surface area contributed by atoms with Crippen LogP contribution >= 0.6 is 0 Å². The molecule has 0 bridgehead atoms. The Hall–Kier alpha value is -2.84. The minimum Gasteiger partial charge on any atom is -0.467 e. The number of benzene rings is 2. The Kier molecular flexibility index (Phi) is 5.12. The lowest BCUT2D eigenvalue weighted by Gasteiger charge is -2.18. The summed E-state index contributed by atoms with van der Waals surface area (Å²) < 4.78 is 4.84. The molecule has 0 heterocycles. The molecule has 112 valence electrons. The van der Waals surface area contributed by atoms with E-state index in [2.05, 4.69) is 5.32 Å². The van der Waals surface area contributed by atoms with Crippen LogP contribution in [0.4, 0.5) is 5.69 Å². The second kappa shape index (κ2) is 7.25. The van der Waals surface area contributed by atoms with Crippen LogP contribution in [0.15, 0.2) is 48.5 Å². The van der Waals surface area contributed by atoms with Crippen molar-refractivity contribution in [3.8, 4) is 6.07 Å². The van der Waals surface area contributed by atoms with E-state index in [1.54, 1.807) is 48.5 Å². The molecule has 22 heavy (non-hydrogen) atoms. The van der Waals surface area contributed by atoms with Crippen LogP contribution in [0.5, 0.6) is 0 Å². The van der Waals surface area contributed by atoms with Crippen LogP contribution in [0.3, 0.4) is 0 Å². The Morgan fingerprint density at radius 3 is 2.77 bits per heavy atom. The molecule has 0 aliphatic carbocycles. The van der Waals surface area contributed by atoms with Crippen LogP contribution in [0, 0.1) is 11.3 Å². The van der Waals surface area contributed by atoms with Gasteiger partial charge < -0.3 is 15.2 Å². The van der Waals surface area contributed by atoms with Gasteiger partial charge in [0.2, 0.25) is 0 Å². The number of nitrogens with zero attached hydrogens (tertiary/aromatic N) is 1. The first-order valence-corrected chi connectivity index (χ1v) is 6.72. The number of esters is 1. The maximum Gasteiger partial charge on any atom is 0.332 e. The van der Waals surface area contributed by atoms with E-state index in [0.717, 1.165) is 5.56 Å². The summed E-state index contributed by atoms with van der Waals surface area (Å²) in [6, 6.07) is 15.2. The number of carbonyl (C=O) groups excluding carboxylic acids is 1. The van der Waals surface area contributed by atoms with E-state index < -0.39 is 12.0 Å². The number of hydrogen-bond acceptors (Lipinski definition) is 5. The largest absolute Gasteiger partial charge is 0.467 e. The molecule has 5 nitrogen and oxygen atoms in total. The maximum atomic E-state index is 12.1. The normalized spacial score (nSPS) is 11.3. The van der Waals surface area contributed by atoms with E-state index in [1.807, 2.05) is 6.07 Å². The predicted molar refractivity (Wildman–Crippen MR) is 81.9 cm³/mol. The van der Waals surface area contributed by atoms with Gasteiger partial charge in [-0.05, 0) is 35.4 Å². The fraction of sp³-hybridized carbons (Fsp3) is 0.176. The number of methoxy groups -OCH3 is 1. The minimum atomic E-state index is -0.729. The zero-order valence-electron chi connectivity index (χ0n) is 12.1. The van der Waals surface area contributed by atoms with Gasteiger partial charge in [0, 0.05) is 5.69 Å². The number of rotatable bonds is 5. The molecule has 2 aromatic carbocycles. The van der Waals surface area contributed by atoms with Gasteiger partial charge >= 0.3 is 5.97 Å². The SMILES string of the molecule is COC(=O)C(Nc1cccc(CO)c1)c1cccc(C#N)c1. The molecular formula is C17H16N2O3. The van der Waals surface area contributed by atoms with Crippen LogP contribution in [-0.2, 0) is 16.1 Å². The fourth-order valence-electron chi connectivity index (χ4n) is 2.11. The number of carbonyl (C=O) groups is 1. The number of hydrogen-bond donors (Lipinski definition) is 2. The van der Waals surface area contributed by atoms with Crippen LogP contribution in [-0.4, -0.2) is 18.2 Å². The van der Waals surface area contributed by atoms with Crippen LogP contribution in [0.1, 0.15) is 22.7 Å². The lowest BCUT2D eigenvalue weighted by atomic mass is 10.0. The van der Waals surface area contributed by atoms with Gasteiger partial charge in [-0.1, -0.05) is 24.3 Å². The highest BCUT2D eigenvalue weighted by atomic mass is 16.5. The predicted octanol–water partition coefficient (Wildman–Crippen LogP) is 2.38. The number of aliphatic hydroxyl groups is 1. The molecule has 1 unspecified atom stereocenters. The number of anilines is 1. The Labute approximate surface area is 128 Å². The molecule has 1 atom stereocenters. The monoisotopic (exact) mass is 296 g/mol. The van der Waals surface area contributed by atoms with Gasteiger partial charge in [-0.25, -0.2) is 4.79 Å². The molecule has 0 aromatic heterocycles. The Bertz CT molecular complexity index is 707. The standard InChI is InChI=1S/C17H16N2O3/c1-22-17(21)16(14-6-2-4-12(8-14)10-18)19-15-7-3-5-13(9-15)11-20/h2-9,16,19-20H,11H2,1H3. The molecule has 0 aliphatic heterocycles. The summed E-state index contributed by atoms with van der Waals surface area (Å²) in [4.78, 5) is 12.1. The molecule has 2 N–H and O–H groups in total. The van der Waals surface area contributed by atoms with E-state index in [0.29, 0.717) is 16.8 Å². The Morgan fingerprint density at radius 1 is 1.32 bits per heavy atom. The van der Waals surface area contributed by atoms with Crippen molar-refractivity contribution < 1.29 is 14.6 Å². The zero-order valence-corrected chi connectivity index (χ0v) is 12.1. The summed E-state index contributed by atoms with van der Waals surface area (Å²) in [7, 11) is 1.31. The molecule has 0 amide bonds. The third-order valence-corrected chi connectivity index (χ3v) is 3.21. The smallest absolute Gasteiger partial charge is 0.332 e. The lowest BCUT2D eigenvalue weighted by molar-refractivity contribution is -0.141. The minimum absolute atomic E-state index is 0.0810. The first kappa shape index (κ1) is 15.5. The van der Waals surface area contributed by atoms with Gasteiger partial charge in [-0.2, -0.15) is 5.26 Å². The molecule has 0 saturated carbocycles. The highest BCUT2D eigenvalue weighted by Crippen LogP contribution is 2.22. The number of aliphatic hydroxyl groups excluding tert-OH is 1. The highest BCUT2D eigenvalue weighted by molar-refractivity contribution is 5.81. The first-order valence-electron chi connectivity index (χ1n) is 6.72. The number of ether oxygens (including phenoxy) is 1. The highest BCUT2D eigenvalue weighted by Gasteiger charge is 2.21. The third kappa shape index (κ3) is 3.62. The van der Waals surface area contributed by atoms with Crippen molar-refractivity contribution in [2.45, 2.75) is 12.6 Å². The van der Waals surface area contributed by atoms with Crippen molar-refractivity contribution >= 4 is 11.7 Å². The molecule has 5 heteroatoms. The average molecular weight is 296 g/mol. The third-order valence-electron chi connectivity index (χ3n) is 3.21. The van der Waals surface area contributed by atoms with Crippen molar-refractivity contribution in [3.63, 3.8) is 0 Å². The second-order valence-electron chi connectivity index (χ2n) is 4.70. The van der Waals surface area contributed by atoms with E-state index >= 15 is 0 Å². The van der Waals surface area contributed by atoms with Gasteiger partial charge in [0.1, 0.15) is 0 Å². The van der Waals surface area contributed by atoms with Crippen molar-refractivity contribution in [2.75, 3.05) is 12.4 Å². The fourth-order valence-corrected chi connectivity index (χ4v) is 2.11. The molecule has 0 saturated heterocycles. The van der Waals surface area contributed by atoms with Crippen LogP contribution in [0.2, 0.25) is 0 Å². The van der Waals surface area contributed by atoms with Crippen molar-refractivity contribution in [1.82, 2.24) is 0 Å². The first-order chi connectivity index (χ1) is 10.7. The van der Waals surface area contributed by atoms with Crippen molar-refractivity contribution in [3.05, 3.63) is 65.2 Å². The molecular weight excluding hydrogens is 280 g/mol. The quantitative estimate of drug-likeness (QED) is 0.828. The van der Waals surface area contributed by atoms with Crippen LogP contribution in [0.25, 0.3) is 0 Å². The Morgan fingerprint density at radius 2 is 2.09 bits per heavy atom. The van der Waals surface area contributed by atoms with Crippen molar-refractivity contribution in [1.29, 1.82) is 5.26 Å². The summed E-state index contributed by atoms with van der Waals surface area (Å²) in [6.07, 6.45) is 0. The molecule has 0 radical (unpaired) electrons. The summed E-state index contributed by atoms with van der Waals surface area (Å²) >= 11 is 0. The van der Waals surface area contributed by atoms with E-state index in [1.165, 1.54) is 7.11 Å². The molecule has 2 aromatic rings. The number of nitrogens with one attached hydrogen (secondary N) is 1. The maximum absolute atomic E-state index is 12.1. The van der Waals surface area contributed by atoms with Gasteiger partial charge in [0.15, 0.2) is 6.04 Å². The summed E-state index contributed by atoms with van der Waals surface area (Å²) in [5.41, 5.74) is 2.53. The summed E-state index contributed by atoms with van der Waals surface area (Å²) in [6.45, 7) is -0.0810. The summed E-state index contributed by atoms with van der Waals surface area (Å²) in [5.74, 6) is -0.454. The zero-order chi connectivity index (χ0) is 15.9. The molecule has 2 rings (SSSR count). The molecule has 0 aliphatic rings. The van der Waals surface area contributed by atoms with Gasteiger partial charge in [0.25, 0.3) is 0 Å². The van der Waals surface area contributed by atoms with Gasteiger partial charge in [-0.15, -0.1) is 0 Å². The lowest BCUT2D eigenvalue weighted by Crippen LogP contribution is -2.22. The second-order valence-corrected chi connectivity index (χ2v) is 4.70. The van der Waals surface area contributed by atoms with Gasteiger partial charge in [0.05, 0.1) is 25.3 Å². The molecule has 0 spiro atoms. The van der Waals surface area contributed by atoms with E-state index in [9.17, 15) is 9.90 Å². The van der Waals surface area contributed by atoms with Crippen LogP contribution < -0.4 is 5.32 Å². The topological polar surface area (TPSA) is 82.3 Å². The average Bonchev–Trinajstić information content (AvgIpc) is 2.59. The summed E-state index contributed by atoms with van der Waals surface area (Å²) in [5, 5.41) is 21.2. The molecule has 0 fully saturated rings. The Balaban J connectivity index is 2.34.